The van der Waals surface area contributed by atoms with E-state index in [4.69, 9.17) is 10.5 Å². The Balaban J connectivity index is 2.24. The zero-order valence-corrected chi connectivity index (χ0v) is 11.1. The van der Waals surface area contributed by atoms with Crippen molar-refractivity contribution < 1.29 is 4.74 Å². The van der Waals surface area contributed by atoms with Crippen LogP contribution in [-0.4, -0.2) is 10.2 Å². The van der Waals surface area contributed by atoms with Crippen molar-refractivity contribution in [2.75, 3.05) is 0 Å². The molecule has 1 aliphatic heterocycles. The molecule has 3 N–H and O–H groups in total. The summed E-state index contributed by atoms with van der Waals surface area (Å²) in [6.45, 7) is 2.03. The molecule has 0 saturated heterocycles. The maximum Gasteiger partial charge on any atom is 0.244 e. The van der Waals surface area contributed by atoms with Crippen LogP contribution in [0.5, 0.6) is 5.88 Å². The Labute approximate surface area is 114 Å². The predicted molar refractivity (Wildman–Crippen MR) is 71.6 cm³/mol. The number of nitrogens with one attached hydrogen (secondary N) is 1. The van der Waals surface area contributed by atoms with Gasteiger partial charge in [-0.15, -0.1) is 5.10 Å². The number of aromatic amines is 1. The van der Waals surface area contributed by atoms with Crippen LogP contribution in [0.15, 0.2) is 28.3 Å². The molecular weight excluding hydrogens is 260 g/mol. The lowest BCUT2D eigenvalue weighted by Crippen LogP contribution is -2.20. The highest BCUT2D eigenvalue weighted by atomic mass is 32.1. The second-order valence-electron chi connectivity index (χ2n) is 4.26. The number of hydrogen-bond acceptors (Lipinski definition) is 5. The third kappa shape index (κ3) is 1.71. The van der Waals surface area contributed by atoms with Crippen LogP contribution in [0.1, 0.15) is 29.7 Å². The molecule has 6 heteroatoms. The van der Waals surface area contributed by atoms with Gasteiger partial charge in [0.15, 0.2) is 0 Å². The Bertz CT molecular complexity index is 678. The first-order chi connectivity index (χ1) is 9.26. The molecule has 0 saturated carbocycles. The maximum absolute atomic E-state index is 9.36. The molecule has 0 aromatic carbocycles. The van der Waals surface area contributed by atoms with Gasteiger partial charge in [-0.2, -0.15) is 16.6 Å². The molecular formula is C13H12N4OS. The van der Waals surface area contributed by atoms with E-state index in [9.17, 15) is 5.26 Å². The second kappa shape index (κ2) is 4.44. The lowest BCUT2D eigenvalue weighted by molar-refractivity contribution is 0.379. The molecule has 0 amide bonds. The summed E-state index contributed by atoms with van der Waals surface area (Å²) in [4.78, 5) is 0. The van der Waals surface area contributed by atoms with Gasteiger partial charge in [-0.1, -0.05) is 6.92 Å². The van der Waals surface area contributed by atoms with Crippen molar-refractivity contribution in [3.05, 3.63) is 45.1 Å². The fourth-order valence-electron chi connectivity index (χ4n) is 2.35. The zero-order valence-electron chi connectivity index (χ0n) is 10.3. The monoisotopic (exact) mass is 272 g/mol. The fraction of sp³-hybridized carbons (Fsp3) is 0.231. The van der Waals surface area contributed by atoms with Gasteiger partial charge in [-0.3, -0.25) is 5.10 Å². The van der Waals surface area contributed by atoms with E-state index in [1.54, 1.807) is 11.3 Å². The molecule has 0 bridgehead atoms. The highest BCUT2D eigenvalue weighted by molar-refractivity contribution is 7.08. The van der Waals surface area contributed by atoms with Crippen molar-refractivity contribution >= 4 is 11.3 Å². The summed E-state index contributed by atoms with van der Waals surface area (Å²) in [5.41, 5.74) is 9.23. The Hall–Kier alpha value is -2.26. The van der Waals surface area contributed by atoms with Crippen molar-refractivity contribution in [3.8, 4) is 11.9 Å². The van der Waals surface area contributed by atoms with Crippen LogP contribution in [0.25, 0.3) is 0 Å². The minimum absolute atomic E-state index is 0.139. The number of aryl methyl sites for hydroxylation is 1. The first kappa shape index (κ1) is 11.8. The number of thiophene rings is 1. The number of fused-ring (bicyclic) bond motifs is 1. The average molecular weight is 272 g/mol. The highest BCUT2D eigenvalue weighted by Gasteiger charge is 2.34. The third-order valence-electron chi connectivity index (χ3n) is 3.25. The van der Waals surface area contributed by atoms with Gasteiger partial charge in [-0.05, 0) is 28.8 Å². The maximum atomic E-state index is 9.36. The Kier molecular flexibility index (Phi) is 2.76. The molecule has 1 unspecified atom stereocenters. The Morgan fingerprint density at radius 1 is 1.63 bits per heavy atom. The van der Waals surface area contributed by atoms with Crippen LogP contribution >= 0.6 is 11.3 Å². The number of nitriles is 1. The molecule has 3 rings (SSSR count). The van der Waals surface area contributed by atoms with Crippen molar-refractivity contribution in [1.82, 2.24) is 10.2 Å². The summed E-state index contributed by atoms with van der Waals surface area (Å²) < 4.78 is 5.44. The molecule has 3 heterocycles. The van der Waals surface area contributed by atoms with E-state index >= 15 is 0 Å². The quantitative estimate of drug-likeness (QED) is 0.877. The summed E-state index contributed by atoms with van der Waals surface area (Å²) in [5, 5.41) is 20.5. The van der Waals surface area contributed by atoms with Crippen molar-refractivity contribution in [3.63, 3.8) is 0 Å². The predicted octanol–water partition coefficient (Wildman–Crippen LogP) is 2.25. The summed E-state index contributed by atoms with van der Waals surface area (Å²) in [6, 6.07) is 4.17. The van der Waals surface area contributed by atoms with Gasteiger partial charge in [0.2, 0.25) is 11.8 Å². The van der Waals surface area contributed by atoms with Crippen LogP contribution in [0.3, 0.4) is 0 Å². The topological polar surface area (TPSA) is 87.7 Å². The molecule has 0 radical (unpaired) electrons. The van der Waals surface area contributed by atoms with Crippen LogP contribution in [0, 0.1) is 11.3 Å². The number of nitrogens with two attached hydrogens (primary N) is 1. The largest absolute Gasteiger partial charge is 0.420 e. The molecule has 5 nitrogen and oxygen atoms in total. The van der Waals surface area contributed by atoms with Gasteiger partial charge in [0.05, 0.1) is 5.92 Å². The Morgan fingerprint density at radius 2 is 2.47 bits per heavy atom. The van der Waals surface area contributed by atoms with Crippen LogP contribution in [-0.2, 0) is 6.42 Å². The van der Waals surface area contributed by atoms with Crippen molar-refractivity contribution in [1.29, 1.82) is 5.26 Å². The summed E-state index contributed by atoms with van der Waals surface area (Å²) in [5.74, 6) is 0.429. The van der Waals surface area contributed by atoms with E-state index in [1.165, 1.54) is 0 Å². The minimum atomic E-state index is -0.186. The molecule has 2 aromatic heterocycles. The van der Waals surface area contributed by atoms with Gasteiger partial charge < -0.3 is 10.5 Å². The molecule has 96 valence electrons. The number of ether oxygens (including phenoxy) is 1. The van der Waals surface area contributed by atoms with Crippen LogP contribution in [0.4, 0.5) is 0 Å². The fourth-order valence-corrected chi connectivity index (χ4v) is 3.04. The van der Waals surface area contributed by atoms with Crippen LogP contribution in [0.2, 0.25) is 0 Å². The van der Waals surface area contributed by atoms with E-state index in [0.717, 1.165) is 23.2 Å². The van der Waals surface area contributed by atoms with Gasteiger partial charge in [0.25, 0.3) is 0 Å². The summed E-state index contributed by atoms with van der Waals surface area (Å²) >= 11 is 1.59. The van der Waals surface area contributed by atoms with Gasteiger partial charge in [-0.25, -0.2) is 0 Å². The lowest BCUT2D eigenvalue weighted by Gasteiger charge is -2.22. The number of nitrogens with zero attached hydrogens (tertiary/aromatic N) is 2. The lowest BCUT2D eigenvalue weighted by atomic mass is 9.85. The average Bonchev–Trinajstić information content (AvgIpc) is 3.05. The standard InChI is InChI=1S/C13H12N4OS/c1-2-9-11-10(7-3-4-19-6-7)8(5-14)12(15)18-13(11)17-16-9/h3-4,6,10H,2,15H2,1H3,(H,16,17). The highest BCUT2D eigenvalue weighted by Crippen LogP contribution is 2.43. The van der Waals surface area contributed by atoms with E-state index < -0.39 is 0 Å². The van der Waals surface area contributed by atoms with E-state index in [-0.39, 0.29) is 11.8 Å². The molecule has 0 fully saturated rings. The molecule has 1 atom stereocenters. The molecule has 1 aliphatic rings. The zero-order chi connectivity index (χ0) is 13.4. The van der Waals surface area contributed by atoms with Crippen molar-refractivity contribution in [2.24, 2.45) is 5.73 Å². The SMILES string of the molecule is CCc1[nH]nc2c1C(c1ccsc1)C(C#N)=C(N)O2. The number of aromatic nitrogens is 2. The number of allylic oxidation sites excluding steroid dienone is 1. The normalized spacial score (nSPS) is 17.8. The Morgan fingerprint density at radius 3 is 3.11 bits per heavy atom. The van der Waals surface area contributed by atoms with E-state index in [2.05, 4.69) is 16.3 Å². The van der Waals surface area contributed by atoms with E-state index in [0.29, 0.717) is 11.5 Å². The van der Waals surface area contributed by atoms with Gasteiger partial charge >= 0.3 is 0 Å². The molecule has 2 aromatic rings. The van der Waals surface area contributed by atoms with E-state index in [1.807, 2.05) is 23.8 Å². The molecule has 19 heavy (non-hydrogen) atoms. The smallest absolute Gasteiger partial charge is 0.244 e. The van der Waals surface area contributed by atoms with Crippen LogP contribution < -0.4 is 10.5 Å². The number of rotatable bonds is 2. The molecule has 0 spiro atoms. The van der Waals surface area contributed by atoms with Gasteiger partial charge in [0.1, 0.15) is 11.6 Å². The number of hydrogen-bond donors (Lipinski definition) is 2. The second-order valence-corrected chi connectivity index (χ2v) is 5.04. The number of H-pyrrole nitrogens is 1. The van der Waals surface area contributed by atoms with Crippen molar-refractivity contribution in [2.45, 2.75) is 19.3 Å². The summed E-state index contributed by atoms with van der Waals surface area (Å²) in [6.07, 6.45) is 0.797. The van der Waals surface area contributed by atoms with Gasteiger partial charge in [0, 0.05) is 11.3 Å². The first-order valence-corrected chi connectivity index (χ1v) is 6.87. The molecule has 0 aliphatic carbocycles. The summed E-state index contributed by atoms with van der Waals surface area (Å²) in [7, 11) is 0. The minimum Gasteiger partial charge on any atom is -0.420 e. The first-order valence-electron chi connectivity index (χ1n) is 5.93. The third-order valence-corrected chi connectivity index (χ3v) is 3.95.